The van der Waals surface area contributed by atoms with Crippen LogP contribution in [0.1, 0.15) is 61.7 Å². The predicted octanol–water partition coefficient (Wildman–Crippen LogP) is 4.17. The Kier molecular flexibility index (Phi) is 9.27. The van der Waals surface area contributed by atoms with E-state index in [-0.39, 0.29) is 61.5 Å². The standard InChI is InChI=1S/C30H38FN3O8/c1-7-40-23-11-18-12-33(29(32)25(18)26(31)28(23)41-8-2)14-22(35)17-9-20(30(3,4)5)27-21(10-17)34(38-6)13-19(42-27)15-39-16-24(36)37/h9-11,19,32H,7-8,12-16H2,1-6H3,(H,36,37). The Labute approximate surface area is 244 Å². The Balaban J connectivity index is 1.62. The summed E-state index contributed by atoms with van der Waals surface area (Å²) in [5.74, 6) is -1.35. The molecule has 0 amide bonds. The zero-order chi connectivity index (χ0) is 30.8. The van der Waals surface area contributed by atoms with E-state index in [1.54, 1.807) is 37.1 Å². The molecule has 2 N–H and O–H groups in total. The van der Waals surface area contributed by atoms with E-state index in [0.29, 0.717) is 29.2 Å². The van der Waals surface area contributed by atoms with Gasteiger partial charge >= 0.3 is 5.97 Å². The average Bonchev–Trinajstić information content (AvgIpc) is 3.23. The van der Waals surface area contributed by atoms with Gasteiger partial charge in [0.2, 0.25) is 0 Å². The van der Waals surface area contributed by atoms with Gasteiger partial charge in [-0.2, -0.15) is 0 Å². The van der Waals surface area contributed by atoms with Crippen molar-refractivity contribution in [3.05, 3.63) is 46.3 Å². The third-order valence-electron chi connectivity index (χ3n) is 6.98. The first-order valence-electron chi connectivity index (χ1n) is 13.8. The Morgan fingerprint density at radius 2 is 1.88 bits per heavy atom. The summed E-state index contributed by atoms with van der Waals surface area (Å²) < 4.78 is 38.1. The first-order chi connectivity index (χ1) is 19.9. The Bertz CT molecular complexity index is 1370. The number of anilines is 1. The lowest BCUT2D eigenvalue weighted by atomic mass is 9.84. The lowest BCUT2D eigenvalue weighted by Crippen LogP contribution is -2.43. The van der Waals surface area contributed by atoms with E-state index < -0.39 is 29.9 Å². The van der Waals surface area contributed by atoms with Crippen molar-refractivity contribution in [1.82, 2.24) is 4.90 Å². The topological polar surface area (TPSA) is 131 Å². The van der Waals surface area contributed by atoms with Crippen LogP contribution in [0.5, 0.6) is 17.2 Å². The molecule has 1 unspecified atom stereocenters. The van der Waals surface area contributed by atoms with Crippen molar-refractivity contribution in [3.8, 4) is 17.2 Å². The molecule has 4 rings (SSSR count). The molecule has 0 aliphatic carbocycles. The Morgan fingerprint density at radius 1 is 1.17 bits per heavy atom. The molecule has 0 spiro atoms. The number of aliphatic carboxylic acids is 1. The summed E-state index contributed by atoms with van der Waals surface area (Å²) in [4.78, 5) is 31.7. The molecule has 11 nitrogen and oxygen atoms in total. The van der Waals surface area contributed by atoms with E-state index in [1.807, 2.05) is 20.8 Å². The molecule has 0 saturated heterocycles. The number of rotatable bonds is 12. The van der Waals surface area contributed by atoms with E-state index in [2.05, 4.69) is 0 Å². The zero-order valence-corrected chi connectivity index (χ0v) is 24.8. The van der Waals surface area contributed by atoms with Crippen LogP contribution in [0.2, 0.25) is 0 Å². The first-order valence-corrected chi connectivity index (χ1v) is 13.8. The number of nitrogens with one attached hydrogen (secondary N) is 1. The predicted molar refractivity (Wildman–Crippen MR) is 153 cm³/mol. The molecular weight excluding hydrogens is 549 g/mol. The Morgan fingerprint density at radius 3 is 2.50 bits per heavy atom. The zero-order valence-electron chi connectivity index (χ0n) is 24.8. The average molecular weight is 588 g/mol. The molecule has 0 bridgehead atoms. The number of ketones is 1. The Hall–Kier alpha value is -3.90. The minimum absolute atomic E-state index is 0.0353. The number of benzene rings is 2. The van der Waals surface area contributed by atoms with Gasteiger partial charge in [-0.25, -0.2) is 14.2 Å². The summed E-state index contributed by atoms with van der Waals surface area (Å²) in [5, 5.41) is 19.2. The van der Waals surface area contributed by atoms with Gasteiger partial charge in [-0.3, -0.25) is 15.0 Å². The molecular formula is C30H38FN3O8. The maximum atomic E-state index is 15.5. The van der Waals surface area contributed by atoms with Gasteiger partial charge in [0, 0.05) is 17.7 Å². The van der Waals surface area contributed by atoms with Crippen LogP contribution in [-0.2, 0) is 26.3 Å². The van der Waals surface area contributed by atoms with Crippen molar-refractivity contribution < 1.29 is 42.9 Å². The number of carboxylic acid groups (broad SMARTS) is 1. The van der Waals surface area contributed by atoms with Crippen LogP contribution in [0, 0.1) is 11.2 Å². The number of hydroxylamine groups is 1. The number of halogens is 1. The molecule has 12 heteroatoms. The van der Waals surface area contributed by atoms with E-state index in [9.17, 15) is 9.59 Å². The van der Waals surface area contributed by atoms with Crippen LogP contribution in [0.15, 0.2) is 18.2 Å². The highest BCUT2D eigenvalue weighted by Gasteiger charge is 2.36. The van der Waals surface area contributed by atoms with Crippen molar-refractivity contribution >= 4 is 23.3 Å². The summed E-state index contributed by atoms with van der Waals surface area (Å²) in [6, 6.07) is 5.12. The number of carbonyl (C=O) groups excluding carboxylic acids is 1. The number of nitrogens with zero attached hydrogens (tertiary/aromatic N) is 2. The summed E-state index contributed by atoms with van der Waals surface area (Å²) in [5.41, 5.74) is 1.91. The molecule has 2 aromatic rings. The number of hydrogen-bond acceptors (Lipinski definition) is 9. The van der Waals surface area contributed by atoms with Crippen molar-refractivity contribution in [2.24, 2.45) is 0 Å². The fourth-order valence-electron chi connectivity index (χ4n) is 5.09. The molecule has 228 valence electrons. The third-order valence-corrected chi connectivity index (χ3v) is 6.98. The molecule has 2 heterocycles. The summed E-state index contributed by atoms with van der Waals surface area (Å²) in [6.07, 6.45) is -0.499. The van der Waals surface area contributed by atoms with Gasteiger partial charge in [0.05, 0.1) is 45.6 Å². The molecule has 2 aliphatic rings. The van der Waals surface area contributed by atoms with Gasteiger partial charge in [-0.15, -0.1) is 0 Å². The summed E-state index contributed by atoms with van der Waals surface area (Å²) in [7, 11) is 1.50. The van der Waals surface area contributed by atoms with Crippen molar-refractivity contribution in [2.75, 3.05) is 51.7 Å². The normalized spacial score (nSPS) is 16.2. The van der Waals surface area contributed by atoms with E-state index >= 15 is 4.39 Å². The van der Waals surface area contributed by atoms with Gasteiger partial charge in [0.1, 0.15) is 30.0 Å². The van der Waals surface area contributed by atoms with Gasteiger partial charge in [-0.1, -0.05) is 20.8 Å². The third kappa shape index (κ3) is 6.29. The molecule has 42 heavy (non-hydrogen) atoms. The molecule has 2 aliphatic heterocycles. The molecule has 0 fully saturated rings. The van der Waals surface area contributed by atoms with Crippen LogP contribution in [0.4, 0.5) is 10.1 Å². The largest absolute Gasteiger partial charge is 0.490 e. The summed E-state index contributed by atoms with van der Waals surface area (Å²) >= 11 is 0. The van der Waals surface area contributed by atoms with Gasteiger partial charge in [0.15, 0.2) is 23.1 Å². The second-order valence-electron chi connectivity index (χ2n) is 11.1. The maximum absolute atomic E-state index is 15.5. The molecule has 1 atom stereocenters. The van der Waals surface area contributed by atoms with E-state index in [0.717, 1.165) is 5.56 Å². The van der Waals surface area contributed by atoms with Crippen molar-refractivity contribution in [2.45, 2.75) is 52.7 Å². The lowest BCUT2D eigenvalue weighted by molar-refractivity contribution is -0.143. The van der Waals surface area contributed by atoms with Crippen LogP contribution >= 0.6 is 0 Å². The maximum Gasteiger partial charge on any atom is 0.329 e. The van der Waals surface area contributed by atoms with Gasteiger partial charge in [-0.05, 0) is 43.0 Å². The van der Waals surface area contributed by atoms with E-state index in [4.69, 9.17) is 34.3 Å². The number of amidine groups is 1. The molecule has 2 aromatic carbocycles. The van der Waals surface area contributed by atoms with Crippen LogP contribution < -0.4 is 19.3 Å². The van der Waals surface area contributed by atoms with E-state index in [1.165, 1.54) is 12.0 Å². The monoisotopic (exact) mass is 587 g/mol. The minimum Gasteiger partial charge on any atom is -0.490 e. The van der Waals surface area contributed by atoms with Gasteiger partial charge in [0.25, 0.3) is 0 Å². The second kappa shape index (κ2) is 12.5. The number of Topliss-reactive ketones (excluding diaryl/α,β-unsaturated/α-hetero) is 1. The quantitative estimate of drug-likeness (QED) is 0.349. The highest BCUT2D eigenvalue weighted by atomic mass is 19.1. The number of ether oxygens (including phenoxy) is 4. The van der Waals surface area contributed by atoms with Crippen molar-refractivity contribution in [3.63, 3.8) is 0 Å². The van der Waals surface area contributed by atoms with Crippen LogP contribution in [-0.4, -0.2) is 80.3 Å². The van der Waals surface area contributed by atoms with Crippen LogP contribution in [0.25, 0.3) is 0 Å². The number of hydrogen-bond donors (Lipinski definition) is 2. The number of fused-ring (bicyclic) bond motifs is 2. The number of carbonyl (C=O) groups is 2. The smallest absolute Gasteiger partial charge is 0.329 e. The minimum atomic E-state index is -1.07. The summed E-state index contributed by atoms with van der Waals surface area (Å²) in [6.45, 7) is 9.93. The van der Waals surface area contributed by atoms with Crippen molar-refractivity contribution in [1.29, 1.82) is 5.41 Å². The highest BCUT2D eigenvalue weighted by molar-refractivity contribution is 6.06. The second-order valence-corrected chi connectivity index (χ2v) is 11.1. The lowest BCUT2D eigenvalue weighted by Gasteiger charge is -2.37. The molecule has 0 aromatic heterocycles. The fraction of sp³-hybridized carbons (Fsp3) is 0.500. The van der Waals surface area contributed by atoms with Crippen LogP contribution in [0.3, 0.4) is 0 Å². The first kappa shape index (κ1) is 31.0. The molecule has 0 saturated carbocycles. The number of carboxylic acids is 1. The fourth-order valence-corrected chi connectivity index (χ4v) is 5.09. The highest BCUT2D eigenvalue weighted by Crippen LogP contribution is 2.44. The molecule has 0 radical (unpaired) electrons. The SMILES string of the molecule is CCOc1cc2c(c(F)c1OCC)C(=N)N(CC(=O)c1cc3c(c(C(C)(C)C)c1)OC(COCC(=O)O)CN3OC)C2. The van der Waals surface area contributed by atoms with Gasteiger partial charge < -0.3 is 29.0 Å².